The number of carbonyl (C=O) groups excluding carboxylic acids is 2. The van der Waals surface area contributed by atoms with Gasteiger partial charge < -0.3 is 10.6 Å². The highest BCUT2D eigenvalue weighted by atomic mass is 16.2. The molecule has 1 fully saturated rings. The smallest absolute Gasteiger partial charge is 0.253 e. The van der Waals surface area contributed by atoms with E-state index in [4.69, 9.17) is 5.73 Å². The van der Waals surface area contributed by atoms with E-state index < -0.39 is 5.91 Å². The van der Waals surface area contributed by atoms with Gasteiger partial charge in [0.05, 0.1) is 0 Å². The number of hydrogen-bond donors (Lipinski definition) is 1. The van der Waals surface area contributed by atoms with Crippen molar-refractivity contribution < 1.29 is 9.59 Å². The van der Waals surface area contributed by atoms with Crippen molar-refractivity contribution in [2.45, 2.75) is 12.8 Å². The predicted octanol–water partition coefficient (Wildman–Crippen LogP) is 1.58. The molecule has 1 heterocycles. The van der Waals surface area contributed by atoms with Gasteiger partial charge in [-0.05, 0) is 31.0 Å². The number of hydrogen-bond acceptors (Lipinski definition) is 2. The largest absolute Gasteiger partial charge is 0.366 e. The van der Waals surface area contributed by atoms with Crippen LogP contribution in [0.1, 0.15) is 33.6 Å². The van der Waals surface area contributed by atoms with Crippen LogP contribution >= 0.6 is 0 Å². The van der Waals surface area contributed by atoms with Crippen LogP contribution in [0, 0.1) is 0 Å². The highest BCUT2D eigenvalue weighted by Gasteiger charge is 2.19. The molecule has 0 atom stereocenters. The van der Waals surface area contributed by atoms with Gasteiger partial charge in [-0.25, -0.2) is 0 Å². The molecule has 18 heavy (non-hydrogen) atoms. The fraction of sp³-hybridized carbons (Fsp3) is 0.286. The molecule has 4 nitrogen and oxygen atoms in total. The van der Waals surface area contributed by atoms with E-state index in [-0.39, 0.29) is 5.91 Å². The Labute approximate surface area is 106 Å². The maximum absolute atomic E-state index is 12.2. The van der Waals surface area contributed by atoms with E-state index in [0.29, 0.717) is 24.2 Å². The van der Waals surface area contributed by atoms with Gasteiger partial charge in [-0.3, -0.25) is 9.59 Å². The Kier molecular flexibility index (Phi) is 3.46. The van der Waals surface area contributed by atoms with Crippen LogP contribution in [0.4, 0.5) is 0 Å². The number of nitrogens with zero attached hydrogens (tertiary/aromatic N) is 1. The molecule has 0 aromatic heterocycles. The molecule has 1 saturated heterocycles. The van der Waals surface area contributed by atoms with Gasteiger partial charge in [-0.1, -0.05) is 18.2 Å². The third-order valence-electron chi connectivity index (χ3n) is 3.15. The van der Waals surface area contributed by atoms with Gasteiger partial charge in [0, 0.05) is 24.2 Å². The first-order valence-electron chi connectivity index (χ1n) is 5.94. The minimum Gasteiger partial charge on any atom is -0.366 e. The van der Waals surface area contributed by atoms with E-state index in [1.54, 1.807) is 29.2 Å². The van der Waals surface area contributed by atoms with E-state index in [2.05, 4.69) is 6.58 Å². The third-order valence-corrected chi connectivity index (χ3v) is 3.15. The van der Waals surface area contributed by atoms with Crippen LogP contribution in [0.15, 0.2) is 36.4 Å². The molecule has 0 radical (unpaired) electrons. The number of carbonyl (C=O) groups is 2. The van der Waals surface area contributed by atoms with E-state index >= 15 is 0 Å². The second-order valence-corrected chi connectivity index (χ2v) is 4.49. The summed E-state index contributed by atoms with van der Waals surface area (Å²) in [5.41, 5.74) is 7.27. The summed E-state index contributed by atoms with van der Waals surface area (Å²) in [6.07, 6.45) is 1.70. The zero-order chi connectivity index (χ0) is 13.1. The van der Waals surface area contributed by atoms with Crippen LogP contribution in [-0.4, -0.2) is 29.8 Å². The lowest BCUT2D eigenvalue weighted by molar-refractivity contribution is 0.0744. The second-order valence-electron chi connectivity index (χ2n) is 4.49. The summed E-state index contributed by atoms with van der Waals surface area (Å²) >= 11 is 0. The SMILES string of the molecule is C=C1CCN(C(=O)c2cccc(C(N)=O)c2)CC1. The number of nitrogens with two attached hydrogens (primary N) is 1. The summed E-state index contributed by atoms with van der Waals surface area (Å²) in [4.78, 5) is 25.1. The van der Waals surface area contributed by atoms with Crippen molar-refractivity contribution in [2.24, 2.45) is 5.73 Å². The second kappa shape index (κ2) is 5.04. The molecule has 1 aliphatic heterocycles. The fourth-order valence-electron chi connectivity index (χ4n) is 2.01. The van der Waals surface area contributed by atoms with Crippen molar-refractivity contribution in [1.82, 2.24) is 4.90 Å². The van der Waals surface area contributed by atoms with Crippen LogP contribution < -0.4 is 5.73 Å². The molecule has 0 spiro atoms. The average Bonchev–Trinajstić information content (AvgIpc) is 2.39. The van der Waals surface area contributed by atoms with E-state index in [1.807, 2.05) is 0 Å². The lowest BCUT2D eigenvalue weighted by atomic mass is 10.0. The molecular formula is C14H16N2O2. The molecule has 2 amide bonds. The number of likely N-dealkylation sites (tertiary alicyclic amines) is 1. The average molecular weight is 244 g/mol. The van der Waals surface area contributed by atoms with Gasteiger partial charge in [-0.15, -0.1) is 0 Å². The Bertz CT molecular complexity index is 498. The molecule has 0 saturated carbocycles. The molecule has 2 rings (SSSR count). The molecule has 1 aliphatic rings. The lowest BCUT2D eigenvalue weighted by Crippen LogP contribution is -2.36. The topological polar surface area (TPSA) is 63.4 Å². The minimum atomic E-state index is -0.517. The predicted molar refractivity (Wildman–Crippen MR) is 69.2 cm³/mol. The molecule has 0 unspecified atom stereocenters. The fourth-order valence-corrected chi connectivity index (χ4v) is 2.01. The van der Waals surface area contributed by atoms with Gasteiger partial charge in [0.2, 0.25) is 5.91 Å². The number of benzene rings is 1. The van der Waals surface area contributed by atoms with Crippen molar-refractivity contribution in [3.63, 3.8) is 0 Å². The van der Waals surface area contributed by atoms with E-state index in [9.17, 15) is 9.59 Å². The molecule has 94 valence electrons. The first kappa shape index (κ1) is 12.4. The van der Waals surface area contributed by atoms with Crippen LogP contribution in [0.3, 0.4) is 0 Å². The maximum atomic E-state index is 12.2. The lowest BCUT2D eigenvalue weighted by Gasteiger charge is -2.28. The highest BCUT2D eigenvalue weighted by Crippen LogP contribution is 2.17. The molecule has 1 aromatic carbocycles. The van der Waals surface area contributed by atoms with Crippen molar-refractivity contribution in [2.75, 3.05) is 13.1 Å². The Hall–Kier alpha value is -2.10. The highest BCUT2D eigenvalue weighted by molar-refractivity contribution is 5.99. The summed E-state index contributed by atoms with van der Waals surface area (Å²) < 4.78 is 0. The van der Waals surface area contributed by atoms with Crippen LogP contribution in [0.25, 0.3) is 0 Å². The van der Waals surface area contributed by atoms with Crippen molar-refractivity contribution in [3.05, 3.63) is 47.5 Å². The molecule has 0 bridgehead atoms. The number of rotatable bonds is 2. The van der Waals surface area contributed by atoms with Gasteiger partial charge in [-0.2, -0.15) is 0 Å². The third kappa shape index (κ3) is 2.59. The van der Waals surface area contributed by atoms with E-state index in [1.165, 1.54) is 5.57 Å². The van der Waals surface area contributed by atoms with Gasteiger partial charge in [0.1, 0.15) is 0 Å². The normalized spacial score (nSPS) is 15.6. The summed E-state index contributed by atoms with van der Waals surface area (Å²) in [5, 5.41) is 0. The minimum absolute atomic E-state index is 0.0504. The number of primary amides is 1. The van der Waals surface area contributed by atoms with Crippen LogP contribution in [0.2, 0.25) is 0 Å². The first-order valence-corrected chi connectivity index (χ1v) is 5.94. The standard InChI is InChI=1S/C14H16N2O2/c1-10-5-7-16(8-6-10)14(18)12-4-2-3-11(9-12)13(15)17/h2-4,9H,1,5-8H2,(H2,15,17). The Morgan fingerprint density at radius 2 is 1.78 bits per heavy atom. The first-order chi connectivity index (χ1) is 8.58. The molecular weight excluding hydrogens is 228 g/mol. The molecule has 0 aliphatic carbocycles. The van der Waals surface area contributed by atoms with E-state index in [0.717, 1.165) is 12.8 Å². The Balaban J connectivity index is 2.16. The summed E-state index contributed by atoms with van der Waals surface area (Å²) in [5.74, 6) is -0.567. The zero-order valence-electron chi connectivity index (χ0n) is 10.2. The quantitative estimate of drug-likeness (QED) is 0.803. The van der Waals surface area contributed by atoms with Crippen molar-refractivity contribution in [3.8, 4) is 0 Å². The summed E-state index contributed by atoms with van der Waals surface area (Å²) in [6.45, 7) is 5.30. The van der Waals surface area contributed by atoms with Gasteiger partial charge >= 0.3 is 0 Å². The molecule has 2 N–H and O–H groups in total. The Morgan fingerprint density at radius 1 is 1.17 bits per heavy atom. The maximum Gasteiger partial charge on any atom is 0.253 e. The van der Waals surface area contributed by atoms with Crippen LogP contribution in [0.5, 0.6) is 0 Å². The summed E-state index contributed by atoms with van der Waals surface area (Å²) in [6, 6.07) is 6.54. The van der Waals surface area contributed by atoms with Crippen LogP contribution in [-0.2, 0) is 0 Å². The Morgan fingerprint density at radius 3 is 2.39 bits per heavy atom. The number of piperidine rings is 1. The van der Waals surface area contributed by atoms with Gasteiger partial charge in [0.25, 0.3) is 5.91 Å². The number of amides is 2. The van der Waals surface area contributed by atoms with Crippen molar-refractivity contribution >= 4 is 11.8 Å². The monoisotopic (exact) mass is 244 g/mol. The van der Waals surface area contributed by atoms with Gasteiger partial charge in [0.15, 0.2) is 0 Å². The van der Waals surface area contributed by atoms with Crippen molar-refractivity contribution in [1.29, 1.82) is 0 Å². The molecule has 1 aromatic rings. The molecule has 4 heteroatoms. The zero-order valence-corrected chi connectivity index (χ0v) is 10.2. The summed E-state index contributed by atoms with van der Waals surface area (Å²) in [7, 11) is 0.